The standard InChI is InChI=1S/C24H27N3O6S/c1-5-16(2)26-24(28)17-6-9-19(10-7-17)33-23-13-8-18(15-25-23)27-34(29,30)22-14-20(31-3)11-12-21(22)32-4/h6-16,27H,5H2,1-4H3,(H,26,28). The van der Waals surface area contributed by atoms with Crippen LogP contribution >= 0.6 is 0 Å². The Labute approximate surface area is 199 Å². The van der Waals surface area contributed by atoms with Crippen LogP contribution in [0.4, 0.5) is 5.69 Å². The van der Waals surface area contributed by atoms with E-state index in [1.807, 2.05) is 13.8 Å². The minimum atomic E-state index is -3.96. The number of ether oxygens (including phenoxy) is 3. The van der Waals surface area contributed by atoms with Gasteiger partial charge in [0, 0.05) is 23.7 Å². The number of carbonyl (C=O) groups excluding carboxylic acids is 1. The summed E-state index contributed by atoms with van der Waals surface area (Å²) < 4.78 is 44.2. The molecule has 0 radical (unpaired) electrons. The van der Waals surface area contributed by atoms with Crippen molar-refractivity contribution >= 4 is 21.6 Å². The molecule has 1 heterocycles. The van der Waals surface area contributed by atoms with E-state index in [9.17, 15) is 13.2 Å². The first-order valence-electron chi connectivity index (χ1n) is 10.6. The molecule has 2 N–H and O–H groups in total. The zero-order valence-electron chi connectivity index (χ0n) is 19.4. The minimum absolute atomic E-state index is 0.0628. The van der Waals surface area contributed by atoms with E-state index in [0.29, 0.717) is 17.1 Å². The predicted molar refractivity (Wildman–Crippen MR) is 128 cm³/mol. The third-order valence-corrected chi connectivity index (χ3v) is 6.38. The maximum atomic E-state index is 12.9. The first kappa shape index (κ1) is 24.8. The summed E-state index contributed by atoms with van der Waals surface area (Å²) in [6.45, 7) is 3.94. The molecule has 0 aliphatic heterocycles. The third-order valence-electron chi connectivity index (χ3n) is 4.98. The zero-order valence-corrected chi connectivity index (χ0v) is 20.2. The highest BCUT2D eigenvalue weighted by Gasteiger charge is 2.21. The van der Waals surface area contributed by atoms with Gasteiger partial charge in [-0.25, -0.2) is 13.4 Å². The summed E-state index contributed by atoms with van der Waals surface area (Å²) in [7, 11) is -1.12. The number of anilines is 1. The maximum absolute atomic E-state index is 12.9. The Hall–Kier alpha value is -3.79. The summed E-state index contributed by atoms with van der Waals surface area (Å²) >= 11 is 0. The fourth-order valence-electron chi connectivity index (χ4n) is 2.91. The van der Waals surface area contributed by atoms with Gasteiger partial charge in [-0.1, -0.05) is 6.92 Å². The van der Waals surface area contributed by atoms with Gasteiger partial charge < -0.3 is 19.5 Å². The Morgan fingerprint density at radius 2 is 1.71 bits per heavy atom. The summed E-state index contributed by atoms with van der Waals surface area (Å²) in [6, 6.07) is 14.3. The summed E-state index contributed by atoms with van der Waals surface area (Å²) in [5.74, 6) is 1.16. The van der Waals surface area contributed by atoms with Crippen LogP contribution in [0, 0.1) is 0 Å². The number of benzene rings is 2. The molecule has 0 saturated carbocycles. The summed E-state index contributed by atoms with van der Waals surface area (Å²) in [6.07, 6.45) is 2.19. The molecule has 3 rings (SSSR count). The molecule has 34 heavy (non-hydrogen) atoms. The molecule has 180 valence electrons. The van der Waals surface area contributed by atoms with Crippen molar-refractivity contribution in [3.8, 4) is 23.1 Å². The molecule has 0 saturated heterocycles. The Kier molecular flexibility index (Phi) is 7.95. The molecule has 1 unspecified atom stereocenters. The second-order valence-corrected chi connectivity index (χ2v) is 9.07. The molecule has 9 nitrogen and oxygen atoms in total. The normalized spacial score (nSPS) is 11.9. The van der Waals surface area contributed by atoms with Gasteiger partial charge in [0.25, 0.3) is 15.9 Å². The van der Waals surface area contributed by atoms with Crippen LogP contribution in [0.3, 0.4) is 0 Å². The van der Waals surface area contributed by atoms with E-state index in [4.69, 9.17) is 14.2 Å². The predicted octanol–water partition coefficient (Wildman–Crippen LogP) is 4.22. The van der Waals surface area contributed by atoms with Crippen molar-refractivity contribution in [2.45, 2.75) is 31.2 Å². The second-order valence-electron chi connectivity index (χ2n) is 7.42. The molecule has 1 amide bonds. The molecule has 10 heteroatoms. The van der Waals surface area contributed by atoms with Gasteiger partial charge in [0.2, 0.25) is 5.88 Å². The third kappa shape index (κ3) is 6.16. The molecule has 0 aliphatic carbocycles. The molecular weight excluding hydrogens is 458 g/mol. The smallest absolute Gasteiger partial charge is 0.265 e. The van der Waals surface area contributed by atoms with Crippen molar-refractivity contribution in [3.05, 3.63) is 66.4 Å². The average Bonchev–Trinajstić information content (AvgIpc) is 2.85. The van der Waals surface area contributed by atoms with Gasteiger partial charge in [-0.15, -0.1) is 0 Å². The topological polar surface area (TPSA) is 116 Å². The van der Waals surface area contributed by atoms with Crippen LogP contribution < -0.4 is 24.2 Å². The number of nitrogens with one attached hydrogen (secondary N) is 2. The van der Waals surface area contributed by atoms with Crippen LogP contribution in [0.2, 0.25) is 0 Å². The number of hydrogen-bond acceptors (Lipinski definition) is 7. The summed E-state index contributed by atoms with van der Waals surface area (Å²) in [4.78, 5) is 16.3. The lowest BCUT2D eigenvalue weighted by Crippen LogP contribution is -2.31. The zero-order chi connectivity index (χ0) is 24.7. The van der Waals surface area contributed by atoms with Crippen molar-refractivity contribution < 1.29 is 27.4 Å². The number of nitrogens with zero attached hydrogens (tertiary/aromatic N) is 1. The lowest BCUT2D eigenvalue weighted by molar-refractivity contribution is 0.0939. The van der Waals surface area contributed by atoms with Crippen LogP contribution in [0.5, 0.6) is 23.1 Å². The highest BCUT2D eigenvalue weighted by molar-refractivity contribution is 7.92. The number of sulfonamides is 1. The quantitative estimate of drug-likeness (QED) is 0.442. The Morgan fingerprint density at radius 1 is 1.00 bits per heavy atom. The number of rotatable bonds is 10. The van der Waals surface area contributed by atoms with Gasteiger partial charge in [-0.2, -0.15) is 0 Å². The van der Waals surface area contributed by atoms with Crippen molar-refractivity contribution in [2.75, 3.05) is 18.9 Å². The molecule has 0 spiro atoms. The number of carbonyl (C=O) groups is 1. The van der Waals surface area contributed by atoms with Crippen molar-refractivity contribution in [2.24, 2.45) is 0 Å². The van der Waals surface area contributed by atoms with E-state index in [2.05, 4.69) is 15.0 Å². The Bertz CT molecular complexity index is 1230. The average molecular weight is 486 g/mol. The van der Waals surface area contributed by atoms with Gasteiger partial charge in [0.15, 0.2) is 0 Å². The summed E-state index contributed by atoms with van der Waals surface area (Å²) in [5, 5.41) is 2.90. The van der Waals surface area contributed by atoms with E-state index >= 15 is 0 Å². The molecule has 1 aromatic heterocycles. The fraction of sp³-hybridized carbons (Fsp3) is 0.250. The van der Waals surface area contributed by atoms with Gasteiger partial charge >= 0.3 is 0 Å². The maximum Gasteiger partial charge on any atom is 0.265 e. The Morgan fingerprint density at radius 3 is 2.29 bits per heavy atom. The van der Waals surface area contributed by atoms with Crippen LogP contribution in [0.1, 0.15) is 30.6 Å². The van der Waals surface area contributed by atoms with E-state index in [0.717, 1.165) is 6.42 Å². The molecular formula is C24H27N3O6S. The number of hydrogen-bond donors (Lipinski definition) is 2. The number of methoxy groups -OCH3 is 2. The largest absolute Gasteiger partial charge is 0.497 e. The van der Waals surface area contributed by atoms with Crippen molar-refractivity contribution in [1.29, 1.82) is 0 Å². The fourth-order valence-corrected chi connectivity index (χ4v) is 4.14. The minimum Gasteiger partial charge on any atom is -0.497 e. The van der Waals surface area contributed by atoms with E-state index < -0.39 is 10.0 Å². The molecule has 3 aromatic rings. The number of aromatic nitrogens is 1. The Balaban J connectivity index is 1.68. The SMILES string of the molecule is CCC(C)NC(=O)c1ccc(Oc2ccc(NS(=O)(=O)c3cc(OC)ccc3OC)cn2)cc1. The van der Waals surface area contributed by atoms with Gasteiger partial charge in [0.05, 0.1) is 26.1 Å². The molecule has 1 atom stereocenters. The molecule has 0 fully saturated rings. The van der Waals surface area contributed by atoms with E-state index in [1.54, 1.807) is 30.3 Å². The molecule has 0 bridgehead atoms. The lowest BCUT2D eigenvalue weighted by Gasteiger charge is -2.13. The number of pyridine rings is 1. The van der Waals surface area contributed by atoms with Crippen LogP contribution in [0.25, 0.3) is 0 Å². The highest BCUT2D eigenvalue weighted by Crippen LogP contribution is 2.30. The van der Waals surface area contributed by atoms with Crippen LogP contribution in [-0.2, 0) is 10.0 Å². The van der Waals surface area contributed by atoms with E-state index in [-0.39, 0.29) is 34.2 Å². The van der Waals surface area contributed by atoms with Crippen LogP contribution in [-0.4, -0.2) is 39.6 Å². The lowest BCUT2D eigenvalue weighted by atomic mass is 10.2. The highest BCUT2D eigenvalue weighted by atomic mass is 32.2. The van der Waals surface area contributed by atoms with Crippen LogP contribution in [0.15, 0.2) is 65.7 Å². The second kappa shape index (κ2) is 10.9. The monoisotopic (exact) mass is 485 g/mol. The first-order valence-corrected chi connectivity index (χ1v) is 12.0. The van der Waals surface area contributed by atoms with Gasteiger partial charge in [0.1, 0.15) is 22.1 Å². The summed E-state index contributed by atoms with van der Waals surface area (Å²) in [5.41, 5.74) is 0.771. The van der Waals surface area contributed by atoms with E-state index in [1.165, 1.54) is 44.7 Å². The van der Waals surface area contributed by atoms with Crippen molar-refractivity contribution in [1.82, 2.24) is 10.3 Å². The van der Waals surface area contributed by atoms with Gasteiger partial charge in [-0.3, -0.25) is 9.52 Å². The number of amides is 1. The van der Waals surface area contributed by atoms with Crippen molar-refractivity contribution in [3.63, 3.8) is 0 Å². The molecule has 0 aliphatic rings. The molecule has 2 aromatic carbocycles. The first-order chi connectivity index (χ1) is 16.2. The van der Waals surface area contributed by atoms with Gasteiger partial charge in [-0.05, 0) is 55.8 Å².